The molecule has 0 saturated carbocycles. The second-order valence-corrected chi connectivity index (χ2v) is 4.44. The molecule has 0 radical (unpaired) electrons. The highest BCUT2D eigenvalue weighted by atomic mass is 79.9. The van der Waals surface area contributed by atoms with Gasteiger partial charge in [-0.1, -0.05) is 0 Å². The van der Waals surface area contributed by atoms with Gasteiger partial charge in [-0.2, -0.15) is 0 Å². The van der Waals surface area contributed by atoms with Gasteiger partial charge in [-0.15, -0.1) is 0 Å². The lowest BCUT2D eigenvalue weighted by atomic mass is 10.3. The third-order valence-electron chi connectivity index (χ3n) is 2.22. The standard InChI is InChI=1S/C13H12BrFN2O/c1-2-16-13-8-10(5-6-17-13)18-9-3-4-11(14)12(15)7-9/h3-8H,2H2,1H3,(H,16,17). The number of nitrogens with zero attached hydrogens (tertiary/aromatic N) is 1. The molecule has 94 valence electrons. The molecule has 3 nitrogen and oxygen atoms in total. The average Bonchev–Trinajstić information content (AvgIpc) is 2.35. The summed E-state index contributed by atoms with van der Waals surface area (Å²) in [5.74, 6) is 1.44. The first-order valence-electron chi connectivity index (χ1n) is 5.52. The van der Waals surface area contributed by atoms with Gasteiger partial charge in [0.05, 0.1) is 4.47 Å². The molecular weight excluding hydrogens is 299 g/mol. The summed E-state index contributed by atoms with van der Waals surface area (Å²) in [6, 6.07) is 8.12. The zero-order valence-electron chi connectivity index (χ0n) is 9.78. The Bertz CT molecular complexity index is 548. The van der Waals surface area contributed by atoms with Crippen LogP contribution in [0, 0.1) is 5.82 Å². The van der Waals surface area contributed by atoms with Gasteiger partial charge >= 0.3 is 0 Å². The maximum Gasteiger partial charge on any atom is 0.141 e. The summed E-state index contributed by atoms with van der Waals surface area (Å²) in [7, 11) is 0. The van der Waals surface area contributed by atoms with Crippen molar-refractivity contribution in [3.63, 3.8) is 0 Å². The second kappa shape index (κ2) is 5.82. The number of rotatable bonds is 4. The van der Waals surface area contributed by atoms with E-state index in [0.717, 1.165) is 12.4 Å². The summed E-state index contributed by atoms with van der Waals surface area (Å²) < 4.78 is 19.3. The van der Waals surface area contributed by atoms with Crippen LogP contribution >= 0.6 is 15.9 Å². The second-order valence-electron chi connectivity index (χ2n) is 3.59. The summed E-state index contributed by atoms with van der Waals surface area (Å²) >= 11 is 3.10. The number of ether oxygens (including phenoxy) is 1. The molecule has 0 fully saturated rings. The van der Waals surface area contributed by atoms with E-state index in [0.29, 0.717) is 16.0 Å². The normalized spacial score (nSPS) is 10.2. The number of benzene rings is 1. The fraction of sp³-hybridized carbons (Fsp3) is 0.154. The molecule has 1 aromatic carbocycles. The molecule has 1 aromatic heterocycles. The van der Waals surface area contributed by atoms with Crippen molar-refractivity contribution in [1.29, 1.82) is 0 Å². The van der Waals surface area contributed by atoms with Gasteiger partial charge < -0.3 is 10.1 Å². The average molecular weight is 311 g/mol. The largest absolute Gasteiger partial charge is 0.457 e. The minimum Gasteiger partial charge on any atom is -0.457 e. The molecular formula is C13H12BrFN2O. The van der Waals surface area contributed by atoms with Crippen molar-refractivity contribution < 1.29 is 9.13 Å². The first-order chi connectivity index (χ1) is 8.69. The van der Waals surface area contributed by atoms with E-state index in [-0.39, 0.29) is 5.82 Å². The molecule has 2 rings (SSSR count). The molecule has 0 aliphatic rings. The maximum atomic E-state index is 13.3. The van der Waals surface area contributed by atoms with Crippen molar-refractivity contribution in [3.8, 4) is 11.5 Å². The summed E-state index contributed by atoms with van der Waals surface area (Å²) in [5.41, 5.74) is 0. The molecule has 5 heteroatoms. The molecule has 0 aliphatic heterocycles. The molecule has 0 amide bonds. The van der Waals surface area contributed by atoms with E-state index in [9.17, 15) is 4.39 Å². The van der Waals surface area contributed by atoms with Crippen molar-refractivity contribution in [2.24, 2.45) is 0 Å². The highest BCUT2D eigenvalue weighted by Gasteiger charge is 2.03. The van der Waals surface area contributed by atoms with Crippen molar-refractivity contribution in [1.82, 2.24) is 4.98 Å². The lowest BCUT2D eigenvalue weighted by molar-refractivity contribution is 0.476. The van der Waals surface area contributed by atoms with E-state index >= 15 is 0 Å². The SMILES string of the molecule is CCNc1cc(Oc2ccc(Br)c(F)c2)ccn1. The van der Waals surface area contributed by atoms with Gasteiger partial charge in [-0.05, 0) is 41.1 Å². The molecule has 0 bridgehead atoms. The monoisotopic (exact) mass is 310 g/mol. The maximum absolute atomic E-state index is 13.3. The van der Waals surface area contributed by atoms with Crippen LogP contribution in [0.1, 0.15) is 6.92 Å². The van der Waals surface area contributed by atoms with Crippen molar-refractivity contribution in [2.75, 3.05) is 11.9 Å². The molecule has 0 atom stereocenters. The zero-order chi connectivity index (χ0) is 13.0. The number of anilines is 1. The third-order valence-corrected chi connectivity index (χ3v) is 2.86. The Balaban J connectivity index is 2.17. The Morgan fingerprint density at radius 1 is 1.28 bits per heavy atom. The summed E-state index contributed by atoms with van der Waals surface area (Å²) in [6.07, 6.45) is 1.64. The topological polar surface area (TPSA) is 34.1 Å². The Hall–Kier alpha value is -1.62. The minimum absolute atomic E-state index is 0.353. The van der Waals surface area contributed by atoms with Crippen LogP contribution in [0.4, 0.5) is 10.2 Å². The van der Waals surface area contributed by atoms with Gasteiger partial charge in [-0.25, -0.2) is 9.37 Å². The minimum atomic E-state index is -0.353. The fourth-order valence-electron chi connectivity index (χ4n) is 1.43. The molecule has 18 heavy (non-hydrogen) atoms. The first kappa shape index (κ1) is 12.8. The molecule has 0 aliphatic carbocycles. The number of nitrogens with one attached hydrogen (secondary N) is 1. The highest BCUT2D eigenvalue weighted by molar-refractivity contribution is 9.10. The van der Waals surface area contributed by atoms with Gasteiger partial charge in [-0.3, -0.25) is 0 Å². The molecule has 0 unspecified atom stereocenters. The molecule has 2 aromatic rings. The number of hydrogen-bond donors (Lipinski definition) is 1. The predicted octanol–water partition coefficient (Wildman–Crippen LogP) is 4.21. The quantitative estimate of drug-likeness (QED) is 0.918. The smallest absolute Gasteiger partial charge is 0.141 e. The third kappa shape index (κ3) is 3.20. The van der Waals surface area contributed by atoms with Crippen molar-refractivity contribution >= 4 is 21.7 Å². The van der Waals surface area contributed by atoms with Crippen molar-refractivity contribution in [3.05, 3.63) is 46.8 Å². The number of pyridine rings is 1. The van der Waals surface area contributed by atoms with Crippen LogP contribution in [0.2, 0.25) is 0 Å². The van der Waals surface area contributed by atoms with Crippen LogP contribution in [0.5, 0.6) is 11.5 Å². The summed E-state index contributed by atoms with van der Waals surface area (Å²) in [4.78, 5) is 4.13. The number of aromatic nitrogens is 1. The van der Waals surface area contributed by atoms with E-state index in [4.69, 9.17) is 4.74 Å². The molecule has 1 heterocycles. The molecule has 0 saturated heterocycles. The van der Waals surface area contributed by atoms with Gasteiger partial charge in [0.15, 0.2) is 0 Å². The van der Waals surface area contributed by atoms with Gasteiger partial charge in [0.25, 0.3) is 0 Å². The van der Waals surface area contributed by atoms with Gasteiger partial charge in [0.2, 0.25) is 0 Å². The Kier molecular flexibility index (Phi) is 4.15. The lowest BCUT2D eigenvalue weighted by Gasteiger charge is -2.08. The van der Waals surface area contributed by atoms with Crippen LogP contribution in [-0.2, 0) is 0 Å². The first-order valence-corrected chi connectivity index (χ1v) is 6.31. The van der Waals surface area contributed by atoms with Gasteiger partial charge in [0.1, 0.15) is 23.1 Å². The van der Waals surface area contributed by atoms with Crippen LogP contribution in [-0.4, -0.2) is 11.5 Å². The Labute approximate surface area is 113 Å². The molecule has 0 spiro atoms. The predicted molar refractivity (Wildman–Crippen MR) is 72.6 cm³/mol. The van der Waals surface area contributed by atoms with Crippen LogP contribution in [0.15, 0.2) is 41.0 Å². The van der Waals surface area contributed by atoms with Gasteiger partial charge in [0, 0.05) is 24.9 Å². The molecule has 1 N–H and O–H groups in total. The lowest BCUT2D eigenvalue weighted by Crippen LogP contribution is -1.98. The van der Waals surface area contributed by atoms with E-state index < -0.39 is 0 Å². The summed E-state index contributed by atoms with van der Waals surface area (Å²) in [6.45, 7) is 2.77. The van der Waals surface area contributed by atoms with E-state index in [1.165, 1.54) is 6.07 Å². The zero-order valence-corrected chi connectivity index (χ0v) is 11.4. The summed E-state index contributed by atoms with van der Waals surface area (Å²) in [5, 5.41) is 3.08. The van der Waals surface area contributed by atoms with Crippen LogP contribution in [0.25, 0.3) is 0 Å². The van der Waals surface area contributed by atoms with Crippen LogP contribution in [0.3, 0.4) is 0 Å². The highest BCUT2D eigenvalue weighted by Crippen LogP contribution is 2.26. The van der Waals surface area contributed by atoms with E-state index in [1.807, 2.05) is 6.92 Å². The van der Waals surface area contributed by atoms with Crippen molar-refractivity contribution in [2.45, 2.75) is 6.92 Å². The Morgan fingerprint density at radius 3 is 2.78 bits per heavy atom. The number of hydrogen-bond acceptors (Lipinski definition) is 3. The fourth-order valence-corrected chi connectivity index (χ4v) is 1.68. The van der Waals surface area contributed by atoms with E-state index in [2.05, 4.69) is 26.2 Å². The van der Waals surface area contributed by atoms with Crippen LogP contribution < -0.4 is 10.1 Å². The van der Waals surface area contributed by atoms with E-state index in [1.54, 1.807) is 30.5 Å². The number of halogens is 2. The Morgan fingerprint density at radius 2 is 2.06 bits per heavy atom.